The van der Waals surface area contributed by atoms with Crippen molar-refractivity contribution in [3.8, 4) is 0 Å². The van der Waals surface area contributed by atoms with Crippen LogP contribution in [-0.4, -0.2) is 53.6 Å². The second-order valence-electron chi connectivity index (χ2n) is 6.46. The zero-order chi connectivity index (χ0) is 15.5. The van der Waals surface area contributed by atoms with Crippen LogP contribution in [0.2, 0.25) is 0 Å². The van der Waals surface area contributed by atoms with E-state index in [0.717, 1.165) is 50.7 Å². The molecule has 2 rings (SSSR count). The first-order chi connectivity index (χ1) is 9.99. The van der Waals surface area contributed by atoms with Gasteiger partial charge >= 0.3 is 0 Å². The molecule has 1 aromatic heterocycles. The van der Waals surface area contributed by atoms with Gasteiger partial charge in [0, 0.05) is 37.3 Å². The van der Waals surface area contributed by atoms with Crippen molar-refractivity contribution in [1.82, 2.24) is 14.9 Å². The lowest BCUT2D eigenvalue weighted by Crippen LogP contribution is -2.58. The van der Waals surface area contributed by atoms with Crippen LogP contribution < -0.4 is 10.2 Å². The number of hydrogen-bond donors (Lipinski definition) is 1. The Bertz CT molecular complexity index is 472. The molecule has 0 spiro atoms. The highest BCUT2D eigenvalue weighted by atomic mass is 15.3. The van der Waals surface area contributed by atoms with Gasteiger partial charge in [0.15, 0.2) is 0 Å². The molecule has 1 N–H and O–H groups in total. The summed E-state index contributed by atoms with van der Waals surface area (Å²) in [6, 6.07) is 0. The van der Waals surface area contributed by atoms with E-state index in [9.17, 15) is 0 Å². The molecule has 0 bridgehead atoms. The Morgan fingerprint density at radius 3 is 2.62 bits per heavy atom. The molecule has 0 radical (unpaired) electrons. The summed E-state index contributed by atoms with van der Waals surface area (Å²) in [5.41, 5.74) is 1.44. The van der Waals surface area contributed by atoms with Gasteiger partial charge in [0.2, 0.25) is 0 Å². The molecule has 2 heterocycles. The van der Waals surface area contributed by atoms with Crippen LogP contribution >= 0.6 is 0 Å². The lowest BCUT2D eigenvalue weighted by atomic mass is 9.99. The van der Waals surface area contributed by atoms with E-state index in [1.165, 1.54) is 5.56 Å². The van der Waals surface area contributed by atoms with E-state index in [1.807, 2.05) is 0 Å². The molecule has 118 valence electrons. The van der Waals surface area contributed by atoms with E-state index in [0.29, 0.717) is 0 Å². The largest absolute Gasteiger partial charge is 0.370 e. The monoisotopic (exact) mass is 291 g/mol. The van der Waals surface area contributed by atoms with Crippen LogP contribution in [-0.2, 0) is 6.42 Å². The molecule has 5 heteroatoms. The van der Waals surface area contributed by atoms with Crippen molar-refractivity contribution in [3.63, 3.8) is 0 Å². The van der Waals surface area contributed by atoms with E-state index in [2.05, 4.69) is 59.8 Å². The maximum atomic E-state index is 4.61. The van der Waals surface area contributed by atoms with Crippen molar-refractivity contribution in [2.75, 3.05) is 43.4 Å². The van der Waals surface area contributed by atoms with Crippen LogP contribution in [0.1, 0.15) is 39.7 Å². The molecule has 1 aromatic rings. The van der Waals surface area contributed by atoms with Gasteiger partial charge in [-0.1, -0.05) is 13.3 Å². The lowest BCUT2D eigenvalue weighted by molar-refractivity contribution is 0.138. The van der Waals surface area contributed by atoms with Gasteiger partial charge in [-0.15, -0.1) is 0 Å². The summed E-state index contributed by atoms with van der Waals surface area (Å²) in [5, 5.41) is 3.38. The third-order valence-electron chi connectivity index (χ3n) is 4.38. The SMILES string of the molecule is CCCc1c(NCC)ncnc1N1CCN(C)C(C)(C)C1. The average Bonchev–Trinajstić information content (AvgIpc) is 2.44. The third kappa shape index (κ3) is 3.46. The van der Waals surface area contributed by atoms with Gasteiger partial charge in [0.05, 0.1) is 0 Å². The molecule has 5 nitrogen and oxygen atoms in total. The minimum absolute atomic E-state index is 0.172. The molecule has 1 fully saturated rings. The molecular weight excluding hydrogens is 262 g/mol. The molecule has 1 aliphatic rings. The zero-order valence-electron chi connectivity index (χ0n) is 14.1. The highest BCUT2D eigenvalue weighted by Gasteiger charge is 2.32. The van der Waals surface area contributed by atoms with E-state index < -0.39 is 0 Å². The molecule has 0 unspecified atom stereocenters. The summed E-state index contributed by atoms with van der Waals surface area (Å²) in [6.07, 6.45) is 3.82. The Balaban J connectivity index is 2.32. The van der Waals surface area contributed by atoms with Crippen LogP contribution in [0.3, 0.4) is 0 Å². The zero-order valence-corrected chi connectivity index (χ0v) is 14.1. The predicted molar refractivity (Wildman–Crippen MR) is 89.1 cm³/mol. The van der Waals surface area contributed by atoms with Crippen molar-refractivity contribution < 1.29 is 0 Å². The number of likely N-dealkylation sites (N-methyl/N-ethyl adjacent to an activating group) is 1. The van der Waals surface area contributed by atoms with Crippen LogP contribution in [0, 0.1) is 0 Å². The highest BCUT2D eigenvalue weighted by Crippen LogP contribution is 2.29. The number of nitrogens with zero attached hydrogens (tertiary/aromatic N) is 4. The van der Waals surface area contributed by atoms with Gasteiger partial charge in [-0.2, -0.15) is 0 Å². The summed E-state index contributed by atoms with van der Waals surface area (Å²) in [4.78, 5) is 13.9. The second kappa shape index (κ2) is 6.60. The van der Waals surface area contributed by atoms with Crippen LogP contribution in [0.15, 0.2) is 6.33 Å². The maximum absolute atomic E-state index is 4.61. The molecule has 21 heavy (non-hydrogen) atoms. The first-order valence-corrected chi connectivity index (χ1v) is 8.03. The van der Waals surface area contributed by atoms with Gasteiger partial charge in [0.25, 0.3) is 0 Å². The van der Waals surface area contributed by atoms with E-state index in [4.69, 9.17) is 0 Å². The van der Waals surface area contributed by atoms with Crippen molar-refractivity contribution in [2.45, 2.75) is 46.1 Å². The smallest absolute Gasteiger partial charge is 0.137 e. The average molecular weight is 291 g/mol. The number of anilines is 2. The third-order valence-corrected chi connectivity index (χ3v) is 4.38. The summed E-state index contributed by atoms with van der Waals surface area (Å²) in [7, 11) is 2.20. The molecule has 0 aliphatic carbocycles. The van der Waals surface area contributed by atoms with Gasteiger partial charge in [0.1, 0.15) is 18.0 Å². The highest BCUT2D eigenvalue weighted by molar-refractivity contribution is 5.59. The van der Waals surface area contributed by atoms with E-state index in [1.54, 1.807) is 6.33 Å². The van der Waals surface area contributed by atoms with Gasteiger partial charge in [-0.05, 0) is 34.2 Å². The standard InChI is InChI=1S/C16H29N5/c1-6-8-13-14(17-7-2)18-12-19-15(13)21-10-9-20(5)16(3,4)11-21/h12H,6-11H2,1-5H3,(H,17,18,19). The Labute approximate surface area is 128 Å². The number of rotatable bonds is 5. The normalized spacial score (nSPS) is 18.8. The molecule has 0 aromatic carbocycles. The van der Waals surface area contributed by atoms with Crippen molar-refractivity contribution in [1.29, 1.82) is 0 Å². The Morgan fingerprint density at radius 1 is 1.24 bits per heavy atom. The number of piperazine rings is 1. The molecule has 0 saturated carbocycles. The van der Waals surface area contributed by atoms with E-state index >= 15 is 0 Å². The first kappa shape index (κ1) is 16.0. The topological polar surface area (TPSA) is 44.3 Å². The van der Waals surface area contributed by atoms with Crippen LogP contribution in [0.5, 0.6) is 0 Å². The summed E-state index contributed by atoms with van der Waals surface area (Å²) >= 11 is 0. The molecule has 1 aliphatic heterocycles. The fourth-order valence-corrected chi connectivity index (χ4v) is 2.90. The van der Waals surface area contributed by atoms with Crippen LogP contribution in [0.4, 0.5) is 11.6 Å². The van der Waals surface area contributed by atoms with Crippen molar-refractivity contribution >= 4 is 11.6 Å². The fraction of sp³-hybridized carbons (Fsp3) is 0.750. The van der Waals surface area contributed by atoms with Gasteiger partial charge in [-0.25, -0.2) is 9.97 Å². The van der Waals surface area contributed by atoms with Gasteiger partial charge in [-0.3, -0.25) is 4.90 Å². The Hall–Kier alpha value is -1.36. The van der Waals surface area contributed by atoms with Gasteiger partial charge < -0.3 is 10.2 Å². The molecule has 0 amide bonds. The molecule has 1 saturated heterocycles. The molecular formula is C16H29N5. The Morgan fingerprint density at radius 2 is 2.00 bits per heavy atom. The Kier molecular flexibility index (Phi) is 5.04. The predicted octanol–water partition coefficient (Wildman–Crippen LogP) is 2.39. The van der Waals surface area contributed by atoms with E-state index in [-0.39, 0.29) is 5.54 Å². The number of nitrogens with one attached hydrogen (secondary N) is 1. The second-order valence-corrected chi connectivity index (χ2v) is 6.46. The van der Waals surface area contributed by atoms with Crippen molar-refractivity contribution in [2.24, 2.45) is 0 Å². The minimum Gasteiger partial charge on any atom is -0.370 e. The number of hydrogen-bond acceptors (Lipinski definition) is 5. The minimum atomic E-state index is 0.172. The molecule has 0 atom stereocenters. The van der Waals surface area contributed by atoms with Crippen LogP contribution in [0.25, 0.3) is 0 Å². The fourth-order valence-electron chi connectivity index (χ4n) is 2.90. The van der Waals surface area contributed by atoms with Crippen molar-refractivity contribution in [3.05, 3.63) is 11.9 Å². The maximum Gasteiger partial charge on any atom is 0.137 e. The summed E-state index contributed by atoms with van der Waals surface area (Å²) in [6.45, 7) is 12.9. The number of aromatic nitrogens is 2. The summed E-state index contributed by atoms with van der Waals surface area (Å²) < 4.78 is 0. The first-order valence-electron chi connectivity index (χ1n) is 8.03. The summed E-state index contributed by atoms with van der Waals surface area (Å²) in [5.74, 6) is 2.12. The quantitative estimate of drug-likeness (QED) is 0.902. The lowest BCUT2D eigenvalue weighted by Gasteiger charge is -2.46.